The molecule has 5 nitrogen and oxygen atoms in total. The fraction of sp³-hybridized carbons (Fsp3) is 0.190. The second kappa shape index (κ2) is 8.71. The van der Waals surface area contributed by atoms with Crippen molar-refractivity contribution >= 4 is 55.8 Å². The maximum absolute atomic E-state index is 13.5. The Morgan fingerprint density at radius 1 is 1.27 bits per heavy atom. The summed E-state index contributed by atoms with van der Waals surface area (Å²) in [5.41, 5.74) is 1.97. The van der Waals surface area contributed by atoms with Crippen molar-refractivity contribution in [3.05, 3.63) is 76.0 Å². The van der Waals surface area contributed by atoms with E-state index in [2.05, 4.69) is 4.98 Å². The summed E-state index contributed by atoms with van der Waals surface area (Å²) in [5.74, 6) is -0.818. The number of halogens is 3. The fourth-order valence-corrected chi connectivity index (χ4v) is 4.87. The molecule has 0 aliphatic heterocycles. The summed E-state index contributed by atoms with van der Waals surface area (Å²) in [4.78, 5) is 23.7. The van der Waals surface area contributed by atoms with Gasteiger partial charge in [-0.25, -0.2) is 14.4 Å². The quantitative estimate of drug-likeness (QED) is 0.353. The standard InChI is InChI=1S/C21H17Cl2FN4OS/c1-13-9-14(22)10-18-19(13)26-21(30-18)28(7-2-6-27-8-5-25-12-27)20(29)16-4-3-15(24)11-17(16)23/h3-5,8-12H,2,6-7H2,1H3. The predicted molar refractivity (Wildman–Crippen MR) is 119 cm³/mol. The molecular weight excluding hydrogens is 446 g/mol. The van der Waals surface area contributed by atoms with Crippen molar-refractivity contribution in [1.29, 1.82) is 0 Å². The Morgan fingerprint density at radius 2 is 2.10 bits per heavy atom. The summed E-state index contributed by atoms with van der Waals surface area (Å²) in [7, 11) is 0. The lowest BCUT2D eigenvalue weighted by atomic mass is 10.2. The van der Waals surface area contributed by atoms with Crippen LogP contribution in [0.2, 0.25) is 10.0 Å². The number of nitrogens with zero attached hydrogens (tertiary/aromatic N) is 4. The average molecular weight is 463 g/mol. The van der Waals surface area contributed by atoms with Gasteiger partial charge in [-0.3, -0.25) is 9.69 Å². The van der Waals surface area contributed by atoms with Crippen LogP contribution in [0.25, 0.3) is 10.2 Å². The third-order valence-corrected chi connectivity index (χ3v) is 6.19. The number of hydrogen-bond acceptors (Lipinski definition) is 4. The normalized spacial score (nSPS) is 11.2. The molecule has 0 radical (unpaired) electrons. The molecule has 0 saturated heterocycles. The molecule has 4 aromatic rings. The number of aryl methyl sites for hydroxylation is 2. The van der Waals surface area contributed by atoms with Gasteiger partial charge in [-0.15, -0.1) is 0 Å². The van der Waals surface area contributed by atoms with Gasteiger partial charge in [0.15, 0.2) is 5.13 Å². The molecule has 0 fully saturated rings. The molecule has 2 heterocycles. The lowest BCUT2D eigenvalue weighted by Crippen LogP contribution is -2.32. The Morgan fingerprint density at radius 3 is 2.83 bits per heavy atom. The number of hydrogen-bond donors (Lipinski definition) is 0. The van der Waals surface area contributed by atoms with E-state index < -0.39 is 5.82 Å². The minimum atomic E-state index is -0.492. The maximum Gasteiger partial charge on any atom is 0.261 e. The molecule has 30 heavy (non-hydrogen) atoms. The van der Waals surface area contributed by atoms with Gasteiger partial charge in [0, 0.05) is 30.5 Å². The number of aromatic nitrogens is 3. The van der Waals surface area contributed by atoms with Gasteiger partial charge in [-0.1, -0.05) is 34.5 Å². The summed E-state index contributed by atoms with van der Waals surface area (Å²) < 4.78 is 16.3. The molecular formula is C21H17Cl2FN4OS. The van der Waals surface area contributed by atoms with E-state index >= 15 is 0 Å². The highest BCUT2D eigenvalue weighted by atomic mass is 35.5. The van der Waals surface area contributed by atoms with Gasteiger partial charge in [0.05, 0.1) is 27.1 Å². The van der Waals surface area contributed by atoms with E-state index in [1.54, 1.807) is 17.4 Å². The summed E-state index contributed by atoms with van der Waals surface area (Å²) >= 11 is 13.7. The first-order valence-electron chi connectivity index (χ1n) is 9.22. The number of benzene rings is 2. The molecule has 0 atom stereocenters. The van der Waals surface area contributed by atoms with Gasteiger partial charge < -0.3 is 4.57 Å². The molecule has 0 aliphatic rings. The monoisotopic (exact) mass is 462 g/mol. The third kappa shape index (κ3) is 4.33. The van der Waals surface area contributed by atoms with Crippen molar-refractivity contribution in [3.63, 3.8) is 0 Å². The van der Waals surface area contributed by atoms with Crippen LogP contribution in [0.3, 0.4) is 0 Å². The Kier molecular flexibility index (Phi) is 6.04. The third-order valence-electron chi connectivity index (χ3n) is 4.63. The number of fused-ring (bicyclic) bond motifs is 1. The van der Waals surface area contributed by atoms with Crippen molar-refractivity contribution < 1.29 is 9.18 Å². The Hall–Kier alpha value is -2.48. The molecule has 4 rings (SSSR count). The zero-order chi connectivity index (χ0) is 21.3. The van der Waals surface area contributed by atoms with E-state index in [9.17, 15) is 9.18 Å². The van der Waals surface area contributed by atoms with Crippen LogP contribution < -0.4 is 4.90 Å². The van der Waals surface area contributed by atoms with Gasteiger partial charge in [-0.2, -0.15) is 0 Å². The van der Waals surface area contributed by atoms with Crippen LogP contribution in [-0.4, -0.2) is 27.0 Å². The number of rotatable bonds is 6. The maximum atomic E-state index is 13.5. The van der Waals surface area contributed by atoms with Crippen LogP contribution in [-0.2, 0) is 6.54 Å². The highest BCUT2D eigenvalue weighted by molar-refractivity contribution is 7.22. The molecule has 2 aromatic carbocycles. The van der Waals surface area contributed by atoms with Crippen LogP contribution in [0, 0.1) is 12.7 Å². The Balaban J connectivity index is 1.69. The lowest BCUT2D eigenvalue weighted by Gasteiger charge is -2.20. The lowest BCUT2D eigenvalue weighted by molar-refractivity contribution is 0.0986. The molecule has 0 bridgehead atoms. The Labute approximate surface area is 186 Å². The average Bonchev–Trinajstić information content (AvgIpc) is 3.34. The largest absolute Gasteiger partial charge is 0.337 e. The zero-order valence-corrected chi connectivity index (χ0v) is 18.3. The first-order valence-corrected chi connectivity index (χ1v) is 10.8. The SMILES string of the molecule is Cc1cc(Cl)cc2sc(N(CCCn3ccnc3)C(=O)c3ccc(F)cc3Cl)nc12. The second-order valence-corrected chi connectivity index (χ2v) is 8.65. The van der Waals surface area contributed by atoms with E-state index in [0.29, 0.717) is 29.7 Å². The fourth-order valence-electron chi connectivity index (χ4n) is 3.18. The number of carbonyl (C=O) groups is 1. The number of thiazole rings is 1. The molecule has 9 heteroatoms. The molecule has 0 N–H and O–H groups in total. The molecule has 0 unspecified atom stereocenters. The van der Waals surface area contributed by atoms with Crippen LogP contribution in [0.5, 0.6) is 0 Å². The van der Waals surface area contributed by atoms with Crippen LogP contribution in [0.15, 0.2) is 49.1 Å². The molecule has 0 spiro atoms. The van der Waals surface area contributed by atoms with E-state index in [1.807, 2.05) is 29.8 Å². The summed E-state index contributed by atoms with van der Waals surface area (Å²) in [6, 6.07) is 7.45. The van der Waals surface area contributed by atoms with Gasteiger partial charge in [0.1, 0.15) is 5.82 Å². The number of carbonyl (C=O) groups excluding carboxylic acids is 1. The minimum absolute atomic E-state index is 0.0694. The van der Waals surface area contributed by atoms with E-state index in [4.69, 9.17) is 28.2 Å². The number of amides is 1. The topological polar surface area (TPSA) is 51.0 Å². The van der Waals surface area contributed by atoms with Crippen molar-refractivity contribution in [2.24, 2.45) is 0 Å². The minimum Gasteiger partial charge on any atom is -0.337 e. The van der Waals surface area contributed by atoms with Crippen molar-refractivity contribution in [2.75, 3.05) is 11.4 Å². The Bertz CT molecular complexity index is 1210. The van der Waals surface area contributed by atoms with Crippen LogP contribution in [0.1, 0.15) is 22.3 Å². The van der Waals surface area contributed by atoms with Gasteiger partial charge in [0.25, 0.3) is 5.91 Å². The van der Waals surface area contributed by atoms with Crippen LogP contribution >= 0.6 is 34.5 Å². The molecule has 0 saturated carbocycles. The first-order chi connectivity index (χ1) is 14.4. The van der Waals surface area contributed by atoms with E-state index in [-0.39, 0.29) is 16.5 Å². The van der Waals surface area contributed by atoms with Crippen LogP contribution in [0.4, 0.5) is 9.52 Å². The number of imidazole rings is 1. The first kappa shape index (κ1) is 20.8. The molecule has 1 amide bonds. The van der Waals surface area contributed by atoms with E-state index in [1.165, 1.54) is 23.5 Å². The van der Waals surface area contributed by atoms with Gasteiger partial charge in [-0.05, 0) is 49.2 Å². The van der Waals surface area contributed by atoms with Crippen molar-refractivity contribution in [1.82, 2.24) is 14.5 Å². The van der Waals surface area contributed by atoms with Crippen molar-refractivity contribution in [3.8, 4) is 0 Å². The molecule has 2 aromatic heterocycles. The highest BCUT2D eigenvalue weighted by Crippen LogP contribution is 2.34. The molecule has 0 aliphatic carbocycles. The molecule has 154 valence electrons. The summed E-state index contributed by atoms with van der Waals surface area (Å²) in [6.07, 6.45) is 5.98. The predicted octanol–water partition coefficient (Wildman–Crippen LogP) is 5.98. The second-order valence-electron chi connectivity index (χ2n) is 6.80. The smallest absolute Gasteiger partial charge is 0.261 e. The zero-order valence-electron chi connectivity index (χ0n) is 16.0. The van der Waals surface area contributed by atoms with Gasteiger partial charge >= 0.3 is 0 Å². The van der Waals surface area contributed by atoms with E-state index in [0.717, 1.165) is 21.8 Å². The summed E-state index contributed by atoms with van der Waals surface area (Å²) in [5, 5.41) is 1.24. The summed E-state index contributed by atoms with van der Waals surface area (Å²) in [6.45, 7) is 3.04. The highest BCUT2D eigenvalue weighted by Gasteiger charge is 2.23. The van der Waals surface area contributed by atoms with Crippen molar-refractivity contribution in [2.45, 2.75) is 19.9 Å². The number of anilines is 1. The van der Waals surface area contributed by atoms with Gasteiger partial charge in [0.2, 0.25) is 0 Å².